The summed E-state index contributed by atoms with van der Waals surface area (Å²) in [5.74, 6) is -2.37. The van der Waals surface area contributed by atoms with Gasteiger partial charge in [-0.3, -0.25) is 14.5 Å². The molecule has 1 atom stereocenters. The number of nitrogens with one attached hydrogen (secondary N) is 2. The monoisotopic (exact) mass is 480 g/mol. The largest absolute Gasteiger partial charge is 0.437 e. The molecule has 3 rings (SSSR count). The average Bonchev–Trinajstić information content (AvgIpc) is 3.01. The molecule has 33 heavy (non-hydrogen) atoms. The Morgan fingerprint density at radius 3 is 2.27 bits per heavy atom. The number of benzene rings is 2. The van der Waals surface area contributed by atoms with E-state index in [9.17, 15) is 31.2 Å². The van der Waals surface area contributed by atoms with Crippen LogP contribution in [-0.2, 0) is 19.6 Å². The third kappa shape index (κ3) is 4.66. The highest BCUT2D eigenvalue weighted by Gasteiger charge is 2.67. The van der Waals surface area contributed by atoms with E-state index in [2.05, 4.69) is 16.9 Å². The molecule has 12 heteroatoms. The lowest BCUT2D eigenvalue weighted by Crippen LogP contribution is -2.63. The maximum absolute atomic E-state index is 14.3. The minimum Gasteiger partial charge on any atom is -0.326 e. The molecule has 0 bridgehead atoms. The normalized spacial score (nSPS) is 18.7. The number of amidine groups is 1. The Morgan fingerprint density at radius 2 is 1.76 bits per heavy atom. The fraction of sp³-hybridized carbons (Fsp3) is 0.190. The molecular weight excluding hydrogens is 461 g/mol. The number of hydrogen-bond donors (Lipinski definition) is 2. The SMILES string of the molecule is C=CCN1C(=O)[C@](NS(=O)(=O)c2ccc(NC(C)=O)cc2)(C(F)(F)F)N=C1c1ccccc1. The van der Waals surface area contributed by atoms with E-state index in [0.717, 1.165) is 17.0 Å². The Morgan fingerprint density at radius 1 is 1.15 bits per heavy atom. The van der Waals surface area contributed by atoms with Gasteiger partial charge in [0.1, 0.15) is 5.84 Å². The van der Waals surface area contributed by atoms with Crippen LogP contribution < -0.4 is 10.0 Å². The summed E-state index contributed by atoms with van der Waals surface area (Å²) < 4.78 is 70.0. The molecule has 1 aliphatic rings. The predicted molar refractivity (Wildman–Crippen MR) is 115 cm³/mol. The zero-order valence-electron chi connectivity index (χ0n) is 17.3. The van der Waals surface area contributed by atoms with Crippen LogP contribution in [0.15, 0.2) is 77.1 Å². The van der Waals surface area contributed by atoms with Gasteiger partial charge in [0.05, 0.1) is 4.90 Å². The molecule has 1 heterocycles. The molecule has 2 amide bonds. The van der Waals surface area contributed by atoms with Gasteiger partial charge in [0, 0.05) is 24.7 Å². The molecule has 8 nitrogen and oxygen atoms in total. The van der Waals surface area contributed by atoms with Crippen LogP contribution in [0.4, 0.5) is 18.9 Å². The summed E-state index contributed by atoms with van der Waals surface area (Å²) in [6.45, 7) is 4.37. The van der Waals surface area contributed by atoms with E-state index in [-0.39, 0.29) is 23.6 Å². The predicted octanol–water partition coefficient (Wildman–Crippen LogP) is 2.66. The van der Waals surface area contributed by atoms with Crippen LogP contribution in [0.3, 0.4) is 0 Å². The van der Waals surface area contributed by atoms with E-state index in [1.54, 1.807) is 18.2 Å². The molecule has 174 valence electrons. The van der Waals surface area contributed by atoms with E-state index in [0.29, 0.717) is 0 Å². The summed E-state index contributed by atoms with van der Waals surface area (Å²) in [6, 6.07) is 12.0. The molecule has 0 radical (unpaired) electrons. The highest BCUT2D eigenvalue weighted by molar-refractivity contribution is 7.89. The van der Waals surface area contributed by atoms with E-state index in [1.807, 2.05) is 0 Å². The van der Waals surface area contributed by atoms with Crippen LogP contribution in [0.1, 0.15) is 12.5 Å². The molecule has 0 fully saturated rings. The first-order chi connectivity index (χ1) is 15.4. The van der Waals surface area contributed by atoms with Gasteiger partial charge < -0.3 is 5.32 Å². The van der Waals surface area contributed by atoms with E-state index < -0.39 is 38.6 Å². The first kappa shape index (κ1) is 24.1. The number of hydrogen-bond acceptors (Lipinski definition) is 5. The van der Waals surface area contributed by atoms with Crippen molar-refractivity contribution in [2.24, 2.45) is 4.99 Å². The third-order valence-electron chi connectivity index (χ3n) is 4.60. The number of rotatable bonds is 7. The fourth-order valence-corrected chi connectivity index (χ4v) is 4.40. The van der Waals surface area contributed by atoms with Crippen LogP contribution in [0, 0.1) is 0 Å². The van der Waals surface area contributed by atoms with Crippen molar-refractivity contribution in [1.29, 1.82) is 0 Å². The van der Waals surface area contributed by atoms with Crippen molar-refractivity contribution in [3.05, 3.63) is 72.8 Å². The number of anilines is 1. The number of amides is 2. The van der Waals surface area contributed by atoms with Crippen molar-refractivity contribution in [1.82, 2.24) is 9.62 Å². The summed E-state index contributed by atoms with van der Waals surface area (Å²) in [5, 5.41) is 2.41. The average molecular weight is 480 g/mol. The first-order valence-corrected chi connectivity index (χ1v) is 11.0. The second kappa shape index (κ2) is 8.79. The minimum atomic E-state index is -5.40. The molecule has 0 saturated heterocycles. The Labute approximate surface area is 187 Å². The molecule has 0 spiro atoms. The summed E-state index contributed by atoms with van der Waals surface area (Å²) in [5.41, 5.74) is -3.33. The van der Waals surface area contributed by atoms with Crippen molar-refractivity contribution in [2.45, 2.75) is 23.7 Å². The number of alkyl halides is 3. The number of carbonyl (C=O) groups is 2. The molecule has 2 aromatic rings. The van der Waals surface area contributed by atoms with Gasteiger partial charge in [0.25, 0.3) is 5.91 Å². The second-order valence-electron chi connectivity index (χ2n) is 7.03. The van der Waals surface area contributed by atoms with Crippen molar-refractivity contribution >= 4 is 33.4 Å². The zero-order valence-corrected chi connectivity index (χ0v) is 18.1. The van der Waals surface area contributed by atoms with E-state index in [1.165, 1.54) is 42.0 Å². The van der Waals surface area contributed by atoms with Gasteiger partial charge in [-0.15, -0.1) is 6.58 Å². The second-order valence-corrected chi connectivity index (χ2v) is 8.71. The van der Waals surface area contributed by atoms with Crippen molar-refractivity contribution in [3.8, 4) is 0 Å². The third-order valence-corrected chi connectivity index (χ3v) is 6.06. The first-order valence-electron chi connectivity index (χ1n) is 9.48. The lowest BCUT2D eigenvalue weighted by atomic mass is 10.1. The molecular formula is C21H19F3N4O4S. The summed E-state index contributed by atoms with van der Waals surface area (Å²) in [4.78, 5) is 27.9. The summed E-state index contributed by atoms with van der Waals surface area (Å²) in [7, 11) is -4.87. The summed E-state index contributed by atoms with van der Waals surface area (Å²) in [6.07, 6.45) is -4.19. The lowest BCUT2D eigenvalue weighted by Gasteiger charge is -2.28. The number of nitrogens with zero attached hydrogens (tertiary/aromatic N) is 2. The van der Waals surface area contributed by atoms with Crippen molar-refractivity contribution < 1.29 is 31.2 Å². The van der Waals surface area contributed by atoms with Crippen LogP contribution >= 0.6 is 0 Å². The van der Waals surface area contributed by atoms with E-state index >= 15 is 0 Å². The quantitative estimate of drug-likeness (QED) is 0.594. The molecule has 2 aromatic carbocycles. The van der Waals surface area contributed by atoms with Crippen LogP contribution in [-0.4, -0.2) is 49.4 Å². The maximum atomic E-state index is 14.3. The van der Waals surface area contributed by atoms with Gasteiger partial charge in [0.2, 0.25) is 15.9 Å². The van der Waals surface area contributed by atoms with E-state index in [4.69, 9.17) is 0 Å². The lowest BCUT2D eigenvalue weighted by molar-refractivity contribution is -0.194. The molecule has 0 unspecified atom stereocenters. The van der Waals surface area contributed by atoms with Crippen LogP contribution in [0.25, 0.3) is 0 Å². The number of carbonyl (C=O) groups excluding carboxylic acids is 2. The van der Waals surface area contributed by atoms with Crippen LogP contribution in [0.2, 0.25) is 0 Å². The molecule has 0 saturated carbocycles. The van der Waals surface area contributed by atoms with Crippen molar-refractivity contribution in [3.63, 3.8) is 0 Å². The van der Waals surface area contributed by atoms with Gasteiger partial charge >= 0.3 is 11.8 Å². The highest BCUT2D eigenvalue weighted by atomic mass is 32.2. The summed E-state index contributed by atoms with van der Waals surface area (Å²) >= 11 is 0. The molecule has 2 N–H and O–H groups in total. The molecule has 0 aliphatic carbocycles. The number of sulfonamides is 1. The zero-order chi connectivity index (χ0) is 24.4. The van der Waals surface area contributed by atoms with Crippen molar-refractivity contribution in [2.75, 3.05) is 11.9 Å². The van der Waals surface area contributed by atoms with Gasteiger partial charge in [-0.1, -0.05) is 36.4 Å². The van der Waals surface area contributed by atoms with Gasteiger partial charge in [-0.05, 0) is 24.3 Å². The topological polar surface area (TPSA) is 108 Å². The Kier molecular flexibility index (Phi) is 6.43. The van der Waals surface area contributed by atoms with Gasteiger partial charge in [-0.2, -0.15) is 17.9 Å². The van der Waals surface area contributed by atoms with Gasteiger partial charge in [0.15, 0.2) is 0 Å². The van der Waals surface area contributed by atoms with Gasteiger partial charge in [-0.25, -0.2) is 13.4 Å². The number of halogens is 3. The number of aliphatic imine (C=N–C) groups is 1. The fourth-order valence-electron chi connectivity index (χ4n) is 3.15. The Bertz CT molecular complexity index is 1210. The highest BCUT2D eigenvalue weighted by Crippen LogP contribution is 2.39. The minimum absolute atomic E-state index is 0.192. The van der Waals surface area contributed by atoms with Crippen LogP contribution in [0.5, 0.6) is 0 Å². The Hall–Kier alpha value is -3.51. The molecule has 0 aromatic heterocycles. The standard InChI is InChI=1S/C21H19F3N4O4S/c1-3-13-28-18(15-7-5-4-6-8-15)26-20(19(28)30,21(22,23)24)27-33(31,32)17-11-9-16(10-12-17)25-14(2)29/h3-12,27H,1,13H2,2H3,(H,25,29)/t20-/m0/s1. The maximum Gasteiger partial charge on any atom is 0.437 e. The smallest absolute Gasteiger partial charge is 0.326 e. The molecule has 1 aliphatic heterocycles. The Balaban J connectivity index is 2.09.